The van der Waals surface area contributed by atoms with E-state index in [2.05, 4.69) is 36.3 Å². The van der Waals surface area contributed by atoms with Gasteiger partial charge in [-0.05, 0) is 62.9 Å². The highest BCUT2D eigenvalue weighted by molar-refractivity contribution is 7.11. The average molecular weight is 323 g/mol. The summed E-state index contributed by atoms with van der Waals surface area (Å²) in [6.07, 6.45) is 5.32. The summed E-state index contributed by atoms with van der Waals surface area (Å²) >= 11 is 7.90. The molecule has 0 bridgehead atoms. The Morgan fingerprint density at radius 1 is 1.33 bits per heavy atom. The van der Waals surface area contributed by atoms with E-state index in [0.717, 1.165) is 36.0 Å². The fourth-order valence-corrected chi connectivity index (χ4v) is 3.60. The molecule has 0 aliphatic heterocycles. The van der Waals surface area contributed by atoms with Gasteiger partial charge in [0.05, 0.1) is 5.01 Å². The van der Waals surface area contributed by atoms with E-state index < -0.39 is 0 Å². The predicted octanol–water partition coefficient (Wildman–Crippen LogP) is 4.51. The number of hydrogen-bond donors (Lipinski definition) is 1. The molecule has 1 atom stereocenters. The molecule has 2 nitrogen and oxygen atoms in total. The van der Waals surface area contributed by atoms with E-state index >= 15 is 0 Å². The molecule has 0 saturated carbocycles. The molecular formula is C17H23ClN2S. The maximum Gasteiger partial charge on any atom is 0.0896 e. The monoisotopic (exact) mass is 322 g/mol. The minimum Gasteiger partial charge on any atom is -0.316 e. The van der Waals surface area contributed by atoms with Crippen LogP contribution in [-0.4, -0.2) is 18.1 Å². The Hall–Kier alpha value is -0.900. The van der Waals surface area contributed by atoms with Gasteiger partial charge in [-0.15, -0.1) is 11.3 Å². The zero-order valence-electron chi connectivity index (χ0n) is 12.7. The second-order valence-corrected chi connectivity index (χ2v) is 7.21. The predicted molar refractivity (Wildman–Crippen MR) is 92.4 cm³/mol. The second kappa shape index (κ2) is 8.52. The number of halogens is 1. The SMILES string of the molecule is CCCNCC(Cc1cccc(Cl)c1)Cc1cnc(C)s1. The third-order valence-electron chi connectivity index (χ3n) is 3.43. The van der Waals surface area contributed by atoms with Gasteiger partial charge in [0.2, 0.25) is 0 Å². The highest BCUT2D eigenvalue weighted by Crippen LogP contribution is 2.20. The number of rotatable bonds is 8. The molecule has 2 aromatic rings. The zero-order chi connectivity index (χ0) is 15.1. The van der Waals surface area contributed by atoms with E-state index in [9.17, 15) is 0 Å². The van der Waals surface area contributed by atoms with Crippen molar-refractivity contribution in [2.24, 2.45) is 5.92 Å². The normalized spacial score (nSPS) is 12.5. The Balaban J connectivity index is 2.00. The summed E-state index contributed by atoms with van der Waals surface area (Å²) in [5.41, 5.74) is 1.31. The molecule has 0 amide bonds. The van der Waals surface area contributed by atoms with E-state index in [1.54, 1.807) is 11.3 Å². The van der Waals surface area contributed by atoms with Crippen LogP contribution in [0.4, 0.5) is 0 Å². The van der Waals surface area contributed by atoms with Crippen molar-refractivity contribution in [3.8, 4) is 0 Å². The van der Waals surface area contributed by atoms with Crippen LogP contribution < -0.4 is 5.32 Å². The van der Waals surface area contributed by atoms with Crippen molar-refractivity contribution < 1.29 is 0 Å². The third-order valence-corrected chi connectivity index (χ3v) is 4.60. The van der Waals surface area contributed by atoms with Crippen molar-refractivity contribution in [1.82, 2.24) is 10.3 Å². The molecule has 0 radical (unpaired) electrons. The highest BCUT2D eigenvalue weighted by Gasteiger charge is 2.12. The summed E-state index contributed by atoms with van der Waals surface area (Å²) in [4.78, 5) is 5.74. The molecule has 1 unspecified atom stereocenters. The van der Waals surface area contributed by atoms with Crippen LogP contribution in [-0.2, 0) is 12.8 Å². The Labute approximate surface area is 136 Å². The van der Waals surface area contributed by atoms with E-state index in [0.29, 0.717) is 5.92 Å². The lowest BCUT2D eigenvalue weighted by atomic mass is 9.95. The molecular weight excluding hydrogens is 300 g/mol. The van der Waals surface area contributed by atoms with Crippen LogP contribution in [0.5, 0.6) is 0 Å². The molecule has 0 fully saturated rings. The first kappa shape index (κ1) is 16.5. The number of hydrogen-bond acceptors (Lipinski definition) is 3. The molecule has 1 heterocycles. The van der Waals surface area contributed by atoms with Gasteiger partial charge in [-0.1, -0.05) is 30.7 Å². The van der Waals surface area contributed by atoms with Crippen LogP contribution in [0.25, 0.3) is 0 Å². The van der Waals surface area contributed by atoms with Gasteiger partial charge in [0.1, 0.15) is 0 Å². The standard InChI is InChI=1S/C17H23ClN2S/c1-3-7-19-11-15(10-17-12-20-13(2)21-17)8-14-5-4-6-16(18)9-14/h4-6,9,12,15,19H,3,7-8,10-11H2,1-2H3. The number of nitrogens with zero attached hydrogens (tertiary/aromatic N) is 1. The molecule has 0 saturated heterocycles. The van der Waals surface area contributed by atoms with Gasteiger partial charge in [-0.3, -0.25) is 0 Å². The molecule has 4 heteroatoms. The van der Waals surface area contributed by atoms with Crippen LogP contribution in [0.1, 0.15) is 28.8 Å². The van der Waals surface area contributed by atoms with Gasteiger partial charge in [-0.25, -0.2) is 4.98 Å². The molecule has 1 aromatic heterocycles. The summed E-state index contributed by atoms with van der Waals surface area (Å²) in [7, 11) is 0. The molecule has 2 rings (SSSR count). The molecule has 0 spiro atoms. The number of thiazole rings is 1. The smallest absolute Gasteiger partial charge is 0.0896 e. The summed E-state index contributed by atoms with van der Waals surface area (Å²) in [5.74, 6) is 0.579. The molecule has 1 aromatic carbocycles. The minimum absolute atomic E-state index is 0.579. The molecule has 0 aliphatic carbocycles. The van der Waals surface area contributed by atoms with Gasteiger partial charge >= 0.3 is 0 Å². The van der Waals surface area contributed by atoms with Crippen molar-refractivity contribution in [3.63, 3.8) is 0 Å². The summed E-state index contributed by atoms with van der Waals surface area (Å²) < 4.78 is 0. The summed E-state index contributed by atoms with van der Waals surface area (Å²) in [6, 6.07) is 8.20. The maximum absolute atomic E-state index is 6.10. The second-order valence-electron chi connectivity index (χ2n) is 5.45. The van der Waals surface area contributed by atoms with Crippen LogP contribution in [0.15, 0.2) is 30.5 Å². The van der Waals surface area contributed by atoms with Gasteiger partial charge in [0, 0.05) is 16.1 Å². The number of benzene rings is 1. The van der Waals surface area contributed by atoms with Gasteiger partial charge in [-0.2, -0.15) is 0 Å². The van der Waals surface area contributed by atoms with Crippen molar-refractivity contribution in [1.29, 1.82) is 0 Å². The summed E-state index contributed by atoms with van der Waals surface area (Å²) in [5, 5.41) is 5.52. The van der Waals surface area contributed by atoms with E-state index in [-0.39, 0.29) is 0 Å². The fourth-order valence-electron chi connectivity index (χ4n) is 2.48. The van der Waals surface area contributed by atoms with Crippen LogP contribution in [0, 0.1) is 12.8 Å². The lowest BCUT2D eigenvalue weighted by Crippen LogP contribution is -2.26. The lowest BCUT2D eigenvalue weighted by Gasteiger charge is -2.17. The van der Waals surface area contributed by atoms with Crippen molar-refractivity contribution in [2.45, 2.75) is 33.1 Å². The van der Waals surface area contributed by atoms with Crippen molar-refractivity contribution in [3.05, 3.63) is 50.9 Å². The topological polar surface area (TPSA) is 24.9 Å². The first-order valence-corrected chi connectivity index (χ1v) is 8.73. The average Bonchev–Trinajstić information content (AvgIpc) is 2.84. The van der Waals surface area contributed by atoms with Gasteiger partial charge in [0.15, 0.2) is 0 Å². The first-order chi connectivity index (χ1) is 10.2. The van der Waals surface area contributed by atoms with Gasteiger partial charge in [0.25, 0.3) is 0 Å². The zero-order valence-corrected chi connectivity index (χ0v) is 14.3. The fraction of sp³-hybridized carbons (Fsp3) is 0.471. The van der Waals surface area contributed by atoms with E-state index in [1.807, 2.05) is 18.3 Å². The molecule has 0 aliphatic rings. The van der Waals surface area contributed by atoms with Gasteiger partial charge < -0.3 is 5.32 Å². The molecule has 1 N–H and O–H groups in total. The number of aryl methyl sites for hydroxylation is 1. The molecule has 21 heavy (non-hydrogen) atoms. The Bertz CT molecular complexity index is 553. The third kappa shape index (κ3) is 5.77. The largest absolute Gasteiger partial charge is 0.316 e. The lowest BCUT2D eigenvalue weighted by molar-refractivity contribution is 0.473. The Morgan fingerprint density at radius 2 is 2.19 bits per heavy atom. The minimum atomic E-state index is 0.579. The van der Waals surface area contributed by atoms with Crippen molar-refractivity contribution >= 4 is 22.9 Å². The van der Waals surface area contributed by atoms with Crippen molar-refractivity contribution in [2.75, 3.05) is 13.1 Å². The Morgan fingerprint density at radius 3 is 2.86 bits per heavy atom. The van der Waals surface area contributed by atoms with E-state index in [4.69, 9.17) is 11.6 Å². The first-order valence-electron chi connectivity index (χ1n) is 7.54. The van der Waals surface area contributed by atoms with Crippen LogP contribution >= 0.6 is 22.9 Å². The summed E-state index contributed by atoms with van der Waals surface area (Å²) in [6.45, 7) is 6.38. The number of nitrogens with one attached hydrogen (secondary N) is 1. The maximum atomic E-state index is 6.10. The van der Waals surface area contributed by atoms with E-state index in [1.165, 1.54) is 16.9 Å². The quantitative estimate of drug-likeness (QED) is 0.723. The highest BCUT2D eigenvalue weighted by atomic mass is 35.5. The number of aromatic nitrogens is 1. The Kier molecular flexibility index (Phi) is 6.68. The van der Waals surface area contributed by atoms with Crippen LogP contribution in [0.2, 0.25) is 5.02 Å². The molecule has 114 valence electrons. The van der Waals surface area contributed by atoms with Crippen LogP contribution in [0.3, 0.4) is 0 Å².